The zero-order chi connectivity index (χ0) is 17.6. The normalized spacial score (nSPS) is 28.2. The lowest BCUT2D eigenvalue weighted by atomic mass is 9.73. The topological polar surface area (TPSA) is 77.0 Å². The van der Waals surface area contributed by atoms with E-state index in [4.69, 9.17) is 4.99 Å². The summed E-state index contributed by atoms with van der Waals surface area (Å²) < 4.78 is 0. The Labute approximate surface area is 169 Å². The number of hydrogen-bond acceptors (Lipinski definition) is 3. The molecule has 0 aromatic heterocycles. The molecule has 2 unspecified atom stereocenters. The largest absolute Gasteiger partial charge is 0.392 e. The number of nitrogens with one attached hydrogen (secondary N) is 2. The van der Waals surface area contributed by atoms with Gasteiger partial charge in [-0.15, -0.1) is 24.0 Å². The Morgan fingerprint density at radius 1 is 1.28 bits per heavy atom. The summed E-state index contributed by atoms with van der Waals surface area (Å²) >= 11 is 0. The summed E-state index contributed by atoms with van der Waals surface area (Å²) in [5.74, 6) is 0.992. The van der Waals surface area contributed by atoms with E-state index in [1.165, 1.54) is 6.42 Å². The first-order chi connectivity index (χ1) is 11.4. The summed E-state index contributed by atoms with van der Waals surface area (Å²) in [5.41, 5.74) is -0.113. The lowest BCUT2D eigenvalue weighted by Gasteiger charge is -2.37. The monoisotopic (exact) mass is 466 g/mol. The zero-order valence-electron chi connectivity index (χ0n) is 15.9. The minimum atomic E-state index is -0.253. The number of aliphatic imine (C=N–C) groups is 1. The van der Waals surface area contributed by atoms with E-state index in [9.17, 15) is 9.90 Å². The van der Waals surface area contributed by atoms with Crippen LogP contribution < -0.4 is 10.6 Å². The molecule has 2 rings (SSSR count). The second-order valence-corrected chi connectivity index (χ2v) is 7.54. The standard InChI is InChI=1S/C18H34N4O2.HI/c1-4-19-17(20-13-18(3)10-6-5-7-16(18)24)21-15-8-11-22(12-9-15)14(2)23;/h15-16,24H,4-13H2,1-3H3,(H2,19,20,21);1H. The van der Waals surface area contributed by atoms with Crippen molar-refractivity contribution in [3.63, 3.8) is 0 Å². The lowest BCUT2D eigenvalue weighted by molar-refractivity contribution is -0.129. The van der Waals surface area contributed by atoms with Crippen LogP contribution in [-0.4, -0.2) is 60.2 Å². The van der Waals surface area contributed by atoms with Crippen LogP contribution in [-0.2, 0) is 4.79 Å². The molecule has 2 aliphatic rings. The van der Waals surface area contributed by atoms with Crippen molar-refractivity contribution in [3.05, 3.63) is 0 Å². The van der Waals surface area contributed by atoms with Crippen molar-refractivity contribution in [2.45, 2.75) is 71.4 Å². The molecule has 7 heteroatoms. The number of amides is 1. The maximum Gasteiger partial charge on any atom is 0.219 e. The fraction of sp³-hybridized carbons (Fsp3) is 0.889. The first kappa shape index (κ1) is 22.5. The third-order valence-electron chi connectivity index (χ3n) is 5.50. The Morgan fingerprint density at radius 2 is 1.96 bits per heavy atom. The number of rotatable bonds is 4. The number of aliphatic hydroxyl groups excluding tert-OH is 1. The smallest absolute Gasteiger partial charge is 0.219 e. The summed E-state index contributed by atoms with van der Waals surface area (Å²) in [6, 6.07) is 0.350. The number of guanidine groups is 1. The minimum absolute atomic E-state index is 0. The van der Waals surface area contributed by atoms with Crippen molar-refractivity contribution < 1.29 is 9.90 Å². The number of nitrogens with zero attached hydrogens (tertiary/aromatic N) is 2. The Morgan fingerprint density at radius 3 is 2.52 bits per heavy atom. The lowest BCUT2D eigenvalue weighted by Crippen LogP contribution is -2.50. The van der Waals surface area contributed by atoms with Gasteiger partial charge in [-0.2, -0.15) is 0 Å². The van der Waals surface area contributed by atoms with Crippen LogP contribution in [0.25, 0.3) is 0 Å². The molecule has 0 bridgehead atoms. The number of halogens is 1. The van der Waals surface area contributed by atoms with E-state index in [0.717, 1.165) is 57.7 Å². The molecule has 1 saturated carbocycles. The van der Waals surface area contributed by atoms with Crippen LogP contribution in [0.15, 0.2) is 4.99 Å². The predicted octanol–water partition coefficient (Wildman–Crippen LogP) is 2.11. The first-order valence-corrected chi connectivity index (χ1v) is 9.43. The molecule has 2 fully saturated rings. The van der Waals surface area contributed by atoms with Gasteiger partial charge in [-0.05, 0) is 32.6 Å². The van der Waals surface area contributed by atoms with Crippen LogP contribution in [0.5, 0.6) is 0 Å². The van der Waals surface area contributed by atoms with Crippen LogP contribution in [0.3, 0.4) is 0 Å². The summed E-state index contributed by atoms with van der Waals surface area (Å²) in [5, 5.41) is 17.1. The summed E-state index contributed by atoms with van der Waals surface area (Å²) in [7, 11) is 0. The van der Waals surface area contributed by atoms with Crippen LogP contribution in [0.4, 0.5) is 0 Å². The van der Waals surface area contributed by atoms with E-state index in [1.807, 2.05) is 4.90 Å². The molecule has 0 spiro atoms. The van der Waals surface area contributed by atoms with Gasteiger partial charge in [0, 0.05) is 38.0 Å². The highest BCUT2D eigenvalue weighted by atomic mass is 127. The van der Waals surface area contributed by atoms with E-state index in [-0.39, 0.29) is 41.4 Å². The Kier molecular flexibility index (Phi) is 9.48. The molecule has 0 aromatic carbocycles. The molecule has 25 heavy (non-hydrogen) atoms. The second-order valence-electron chi connectivity index (χ2n) is 7.54. The molecule has 0 aromatic rings. The molecular formula is C18H35IN4O2. The van der Waals surface area contributed by atoms with Gasteiger partial charge in [-0.3, -0.25) is 9.79 Å². The van der Waals surface area contributed by atoms with Crippen molar-refractivity contribution in [1.29, 1.82) is 0 Å². The molecule has 6 nitrogen and oxygen atoms in total. The number of piperidine rings is 1. The van der Waals surface area contributed by atoms with Crippen LogP contribution in [0.2, 0.25) is 0 Å². The third-order valence-corrected chi connectivity index (χ3v) is 5.50. The zero-order valence-corrected chi connectivity index (χ0v) is 18.2. The number of carbonyl (C=O) groups excluding carboxylic acids is 1. The molecule has 146 valence electrons. The number of aliphatic hydroxyl groups is 1. The average Bonchev–Trinajstić information content (AvgIpc) is 2.56. The Hall–Kier alpha value is -0.570. The van der Waals surface area contributed by atoms with Gasteiger partial charge in [0.05, 0.1) is 12.6 Å². The van der Waals surface area contributed by atoms with Crippen molar-refractivity contribution in [2.24, 2.45) is 10.4 Å². The molecule has 1 saturated heterocycles. The van der Waals surface area contributed by atoms with Gasteiger partial charge in [0.25, 0.3) is 0 Å². The fourth-order valence-electron chi connectivity index (χ4n) is 3.68. The third kappa shape index (κ3) is 6.58. The van der Waals surface area contributed by atoms with Crippen molar-refractivity contribution in [3.8, 4) is 0 Å². The molecule has 1 aliphatic carbocycles. The number of carbonyl (C=O) groups is 1. The Balaban J connectivity index is 0.00000312. The predicted molar refractivity (Wildman–Crippen MR) is 112 cm³/mol. The summed E-state index contributed by atoms with van der Waals surface area (Å²) in [6.45, 7) is 8.93. The van der Waals surface area contributed by atoms with Gasteiger partial charge in [0.2, 0.25) is 5.91 Å². The molecule has 0 radical (unpaired) electrons. The molecule has 2 atom stereocenters. The van der Waals surface area contributed by atoms with Crippen molar-refractivity contribution in [2.75, 3.05) is 26.2 Å². The minimum Gasteiger partial charge on any atom is -0.392 e. The van der Waals surface area contributed by atoms with Crippen molar-refractivity contribution in [1.82, 2.24) is 15.5 Å². The van der Waals surface area contributed by atoms with E-state index >= 15 is 0 Å². The fourth-order valence-corrected chi connectivity index (χ4v) is 3.68. The van der Waals surface area contributed by atoms with Gasteiger partial charge in [-0.1, -0.05) is 19.8 Å². The molecule has 1 amide bonds. The van der Waals surface area contributed by atoms with E-state index in [0.29, 0.717) is 12.6 Å². The maximum atomic E-state index is 11.4. The average molecular weight is 466 g/mol. The summed E-state index contributed by atoms with van der Waals surface area (Å²) in [6.07, 6.45) is 5.86. The first-order valence-electron chi connectivity index (χ1n) is 9.43. The highest BCUT2D eigenvalue weighted by Gasteiger charge is 2.35. The van der Waals surface area contributed by atoms with E-state index in [1.54, 1.807) is 6.92 Å². The molecular weight excluding hydrogens is 431 g/mol. The van der Waals surface area contributed by atoms with Gasteiger partial charge >= 0.3 is 0 Å². The summed E-state index contributed by atoms with van der Waals surface area (Å²) in [4.78, 5) is 18.1. The van der Waals surface area contributed by atoms with Crippen LogP contribution >= 0.6 is 24.0 Å². The van der Waals surface area contributed by atoms with E-state index in [2.05, 4.69) is 24.5 Å². The van der Waals surface area contributed by atoms with Crippen LogP contribution in [0.1, 0.15) is 59.3 Å². The van der Waals surface area contributed by atoms with Gasteiger partial charge in [0.15, 0.2) is 5.96 Å². The highest BCUT2D eigenvalue weighted by Crippen LogP contribution is 2.36. The Bertz CT molecular complexity index is 452. The SMILES string of the molecule is CCNC(=NCC1(C)CCCCC1O)NC1CCN(C(C)=O)CC1.I. The number of likely N-dealkylation sites (tertiary alicyclic amines) is 1. The van der Waals surface area contributed by atoms with E-state index < -0.39 is 0 Å². The molecule has 1 heterocycles. The van der Waals surface area contributed by atoms with Crippen molar-refractivity contribution >= 4 is 35.8 Å². The highest BCUT2D eigenvalue weighted by molar-refractivity contribution is 14.0. The second kappa shape index (κ2) is 10.5. The number of hydrogen-bond donors (Lipinski definition) is 3. The van der Waals surface area contributed by atoms with Gasteiger partial charge in [0.1, 0.15) is 0 Å². The quantitative estimate of drug-likeness (QED) is 0.337. The van der Waals surface area contributed by atoms with Crippen LogP contribution in [0, 0.1) is 5.41 Å². The molecule has 3 N–H and O–H groups in total. The molecule has 1 aliphatic heterocycles. The maximum absolute atomic E-state index is 11.4. The van der Waals surface area contributed by atoms with Gasteiger partial charge < -0.3 is 20.6 Å². The van der Waals surface area contributed by atoms with Gasteiger partial charge in [-0.25, -0.2) is 0 Å².